The van der Waals surface area contributed by atoms with Gasteiger partial charge in [0.2, 0.25) is 0 Å². The molecule has 0 aliphatic heterocycles. The van der Waals surface area contributed by atoms with Crippen LogP contribution in [0.2, 0.25) is 0 Å². The van der Waals surface area contributed by atoms with Crippen LogP contribution >= 0.6 is 0 Å². The van der Waals surface area contributed by atoms with Gasteiger partial charge in [0.15, 0.2) is 6.04 Å². The highest BCUT2D eigenvalue weighted by atomic mass is 16.5. The topological polar surface area (TPSA) is 101 Å². The predicted octanol–water partition coefficient (Wildman–Crippen LogP) is 0.221. The average Bonchev–Trinajstić information content (AvgIpc) is 2.81. The molecule has 100 valence electrons. The molecule has 0 saturated carbocycles. The van der Waals surface area contributed by atoms with E-state index in [0.29, 0.717) is 13.0 Å². The first kappa shape index (κ1) is 14.0. The van der Waals surface area contributed by atoms with Gasteiger partial charge in [-0.3, -0.25) is 0 Å². The third-order valence-corrected chi connectivity index (χ3v) is 2.17. The quantitative estimate of drug-likeness (QED) is 0.648. The number of urea groups is 1. The zero-order chi connectivity index (χ0) is 13.4. The van der Waals surface area contributed by atoms with E-state index in [1.165, 1.54) is 7.11 Å². The number of furan rings is 1. The molecule has 0 spiro atoms. The van der Waals surface area contributed by atoms with Gasteiger partial charge in [0.1, 0.15) is 5.76 Å². The van der Waals surface area contributed by atoms with E-state index in [1.54, 1.807) is 18.4 Å². The van der Waals surface area contributed by atoms with Crippen LogP contribution in [0, 0.1) is 0 Å². The molecule has 7 nitrogen and oxygen atoms in total. The minimum absolute atomic E-state index is 0.0824. The number of amides is 2. The molecule has 3 N–H and O–H groups in total. The summed E-state index contributed by atoms with van der Waals surface area (Å²) in [6.45, 7) is 0.277. The Labute approximate surface area is 104 Å². The molecule has 2 amide bonds. The van der Waals surface area contributed by atoms with Gasteiger partial charge in [0, 0.05) is 20.1 Å². The van der Waals surface area contributed by atoms with E-state index in [2.05, 4.69) is 10.6 Å². The molecule has 18 heavy (non-hydrogen) atoms. The van der Waals surface area contributed by atoms with Gasteiger partial charge in [-0.05, 0) is 12.1 Å². The van der Waals surface area contributed by atoms with E-state index in [9.17, 15) is 9.59 Å². The standard InChI is InChI=1S/C11H16N2O5/c1-17-7-9(10(14)15)13-11(16)12-5-4-8-3-2-6-18-8/h2-3,6,9H,4-5,7H2,1H3,(H,14,15)(H2,12,13,16). The Hall–Kier alpha value is -2.02. The molecule has 0 aliphatic carbocycles. The van der Waals surface area contributed by atoms with Crippen LogP contribution in [0.4, 0.5) is 4.79 Å². The van der Waals surface area contributed by atoms with Crippen LogP contribution < -0.4 is 10.6 Å². The Morgan fingerprint density at radius 2 is 2.33 bits per heavy atom. The van der Waals surface area contributed by atoms with E-state index in [0.717, 1.165) is 5.76 Å². The second-order valence-corrected chi connectivity index (χ2v) is 3.58. The summed E-state index contributed by atoms with van der Waals surface area (Å²) in [6.07, 6.45) is 2.09. The Bertz CT molecular complexity index is 377. The molecule has 0 bridgehead atoms. The maximum atomic E-state index is 11.4. The summed E-state index contributed by atoms with van der Waals surface area (Å²) >= 11 is 0. The van der Waals surface area contributed by atoms with Crippen molar-refractivity contribution in [3.05, 3.63) is 24.2 Å². The first-order chi connectivity index (χ1) is 8.63. The summed E-state index contributed by atoms with van der Waals surface area (Å²) in [5.41, 5.74) is 0. The first-order valence-corrected chi connectivity index (χ1v) is 5.42. The van der Waals surface area contributed by atoms with Crippen LogP contribution in [-0.4, -0.2) is 43.4 Å². The van der Waals surface area contributed by atoms with Crippen molar-refractivity contribution >= 4 is 12.0 Å². The highest BCUT2D eigenvalue weighted by molar-refractivity contribution is 5.82. The SMILES string of the molecule is COCC(NC(=O)NCCc1ccco1)C(=O)O. The third-order valence-electron chi connectivity index (χ3n) is 2.17. The van der Waals surface area contributed by atoms with Crippen molar-refractivity contribution in [1.82, 2.24) is 10.6 Å². The lowest BCUT2D eigenvalue weighted by molar-refractivity contribution is -0.140. The normalized spacial score (nSPS) is 11.8. The fourth-order valence-electron chi connectivity index (χ4n) is 1.30. The summed E-state index contributed by atoms with van der Waals surface area (Å²) in [7, 11) is 1.37. The first-order valence-electron chi connectivity index (χ1n) is 5.42. The average molecular weight is 256 g/mol. The molecule has 0 aliphatic rings. The fourth-order valence-corrected chi connectivity index (χ4v) is 1.30. The second kappa shape index (κ2) is 7.33. The van der Waals surface area contributed by atoms with Crippen LogP contribution in [0.1, 0.15) is 5.76 Å². The van der Waals surface area contributed by atoms with E-state index < -0.39 is 18.0 Å². The summed E-state index contributed by atoms with van der Waals surface area (Å²) in [4.78, 5) is 22.1. The minimum Gasteiger partial charge on any atom is -0.480 e. The number of carboxylic acid groups (broad SMARTS) is 1. The number of rotatable bonds is 7. The number of nitrogens with one attached hydrogen (secondary N) is 2. The molecule has 7 heteroatoms. The number of hydrogen-bond acceptors (Lipinski definition) is 4. The van der Waals surface area contributed by atoms with Crippen LogP contribution in [0.15, 0.2) is 22.8 Å². The molecule has 0 radical (unpaired) electrons. The third kappa shape index (κ3) is 4.88. The number of hydrogen-bond donors (Lipinski definition) is 3. The fraction of sp³-hybridized carbons (Fsp3) is 0.455. The molecule has 0 saturated heterocycles. The monoisotopic (exact) mass is 256 g/mol. The Morgan fingerprint density at radius 3 is 2.89 bits per heavy atom. The van der Waals surface area contributed by atoms with Crippen molar-refractivity contribution in [3.63, 3.8) is 0 Å². The molecule has 1 aromatic heterocycles. The zero-order valence-electron chi connectivity index (χ0n) is 10.0. The van der Waals surface area contributed by atoms with Gasteiger partial charge in [-0.1, -0.05) is 0 Å². The smallest absolute Gasteiger partial charge is 0.328 e. The number of carbonyl (C=O) groups is 2. The molecule has 1 atom stereocenters. The van der Waals surface area contributed by atoms with Gasteiger partial charge in [-0.2, -0.15) is 0 Å². The van der Waals surface area contributed by atoms with E-state index in [1.807, 2.05) is 0 Å². The second-order valence-electron chi connectivity index (χ2n) is 3.58. The van der Waals surface area contributed by atoms with Gasteiger partial charge in [0.25, 0.3) is 0 Å². The Kier molecular flexibility index (Phi) is 5.72. The summed E-state index contributed by atoms with van der Waals surface area (Å²) in [5, 5.41) is 13.6. The number of methoxy groups -OCH3 is 1. The van der Waals surface area contributed by atoms with Crippen molar-refractivity contribution < 1.29 is 23.8 Å². The van der Waals surface area contributed by atoms with Gasteiger partial charge in [-0.25, -0.2) is 9.59 Å². The van der Waals surface area contributed by atoms with Crippen LogP contribution in [-0.2, 0) is 16.0 Å². The molecule has 1 unspecified atom stereocenters. The molecule has 0 fully saturated rings. The van der Waals surface area contributed by atoms with Crippen LogP contribution in [0.3, 0.4) is 0 Å². The molecule has 0 aromatic carbocycles. The van der Waals surface area contributed by atoms with Gasteiger partial charge >= 0.3 is 12.0 Å². The zero-order valence-corrected chi connectivity index (χ0v) is 10.0. The van der Waals surface area contributed by atoms with E-state index in [-0.39, 0.29) is 6.61 Å². The van der Waals surface area contributed by atoms with Crippen LogP contribution in [0.25, 0.3) is 0 Å². The van der Waals surface area contributed by atoms with E-state index >= 15 is 0 Å². The number of carbonyl (C=O) groups excluding carboxylic acids is 1. The molecule has 1 aromatic rings. The number of aliphatic carboxylic acids is 1. The number of carboxylic acids is 1. The molecular formula is C11H16N2O5. The Balaban J connectivity index is 2.25. The highest BCUT2D eigenvalue weighted by Crippen LogP contribution is 1.99. The van der Waals surface area contributed by atoms with Crippen molar-refractivity contribution in [2.75, 3.05) is 20.3 Å². The lowest BCUT2D eigenvalue weighted by Gasteiger charge is -2.13. The maximum absolute atomic E-state index is 11.4. The van der Waals surface area contributed by atoms with Crippen molar-refractivity contribution in [2.45, 2.75) is 12.5 Å². The van der Waals surface area contributed by atoms with Gasteiger partial charge < -0.3 is 24.9 Å². The summed E-state index contributed by atoms with van der Waals surface area (Å²) in [5.74, 6) is -0.389. The molecule has 1 rings (SSSR count). The van der Waals surface area contributed by atoms with Crippen molar-refractivity contribution in [3.8, 4) is 0 Å². The summed E-state index contributed by atoms with van der Waals surface area (Å²) in [6, 6.07) is 1.95. The molecular weight excluding hydrogens is 240 g/mol. The van der Waals surface area contributed by atoms with Crippen LogP contribution in [0.5, 0.6) is 0 Å². The lowest BCUT2D eigenvalue weighted by Crippen LogP contribution is -2.48. The van der Waals surface area contributed by atoms with Crippen molar-refractivity contribution in [1.29, 1.82) is 0 Å². The van der Waals surface area contributed by atoms with Crippen molar-refractivity contribution in [2.24, 2.45) is 0 Å². The number of ether oxygens (including phenoxy) is 1. The van der Waals surface area contributed by atoms with Gasteiger partial charge in [-0.15, -0.1) is 0 Å². The molecule has 1 heterocycles. The lowest BCUT2D eigenvalue weighted by atomic mass is 10.3. The minimum atomic E-state index is -1.14. The van der Waals surface area contributed by atoms with Gasteiger partial charge in [0.05, 0.1) is 12.9 Å². The summed E-state index contributed by atoms with van der Waals surface area (Å²) < 4.78 is 9.78. The highest BCUT2D eigenvalue weighted by Gasteiger charge is 2.19. The predicted molar refractivity (Wildman–Crippen MR) is 62.2 cm³/mol. The maximum Gasteiger partial charge on any atom is 0.328 e. The largest absolute Gasteiger partial charge is 0.480 e. The Morgan fingerprint density at radius 1 is 1.56 bits per heavy atom. The van der Waals surface area contributed by atoms with E-state index in [4.69, 9.17) is 14.3 Å².